The lowest BCUT2D eigenvalue weighted by Gasteiger charge is -2.19. The van der Waals surface area contributed by atoms with E-state index in [1.807, 2.05) is 42.3 Å². The van der Waals surface area contributed by atoms with Gasteiger partial charge in [-0.2, -0.15) is 0 Å². The summed E-state index contributed by atoms with van der Waals surface area (Å²) in [6.45, 7) is 0.359. The van der Waals surface area contributed by atoms with Crippen molar-refractivity contribution in [3.05, 3.63) is 59.7 Å². The third kappa shape index (κ3) is 2.59. The predicted octanol–water partition coefficient (Wildman–Crippen LogP) is 3.31. The number of aromatic hydroxyl groups is 1. The predicted molar refractivity (Wildman–Crippen MR) is 66.6 cm³/mol. The fraction of sp³-hybridized carbons (Fsp3) is 0.143. The lowest BCUT2D eigenvalue weighted by atomic mass is 10.2. The third-order valence-electron chi connectivity index (χ3n) is 2.69. The standard InChI is InChI=1S/C14H13F2NO/c1-17(11-5-3-2-4-6-11)9-10-7-12(15)14(18)13(16)8-10/h2-8,18H,9H2,1H3. The molecule has 2 rings (SSSR count). The minimum absolute atomic E-state index is 0.359. The van der Waals surface area contributed by atoms with Crippen LogP contribution in [0.15, 0.2) is 42.5 Å². The van der Waals surface area contributed by atoms with Gasteiger partial charge in [0.15, 0.2) is 17.4 Å². The van der Waals surface area contributed by atoms with E-state index in [2.05, 4.69) is 0 Å². The van der Waals surface area contributed by atoms with Crippen molar-refractivity contribution < 1.29 is 13.9 Å². The smallest absolute Gasteiger partial charge is 0.187 e. The van der Waals surface area contributed by atoms with Crippen LogP contribution in [0.3, 0.4) is 0 Å². The van der Waals surface area contributed by atoms with E-state index in [1.54, 1.807) is 0 Å². The average Bonchev–Trinajstić information content (AvgIpc) is 2.37. The molecule has 0 aliphatic carbocycles. The van der Waals surface area contributed by atoms with E-state index in [9.17, 15) is 8.78 Å². The number of nitrogens with zero attached hydrogens (tertiary/aromatic N) is 1. The van der Waals surface area contributed by atoms with Gasteiger partial charge in [-0.05, 0) is 29.8 Å². The van der Waals surface area contributed by atoms with E-state index < -0.39 is 17.4 Å². The highest BCUT2D eigenvalue weighted by atomic mass is 19.1. The molecule has 0 radical (unpaired) electrons. The summed E-state index contributed by atoms with van der Waals surface area (Å²) in [7, 11) is 1.83. The van der Waals surface area contributed by atoms with Crippen molar-refractivity contribution >= 4 is 5.69 Å². The molecular formula is C14H13F2NO. The molecule has 0 saturated carbocycles. The molecule has 2 aromatic rings. The largest absolute Gasteiger partial charge is 0.503 e. The van der Waals surface area contributed by atoms with E-state index in [0.717, 1.165) is 17.8 Å². The topological polar surface area (TPSA) is 23.5 Å². The van der Waals surface area contributed by atoms with Crippen molar-refractivity contribution in [3.63, 3.8) is 0 Å². The molecule has 0 unspecified atom stereocenters. The van der Waals surface area contributed by atoms with Gasteiger partial charge in [0.25, 0.3) is 0 Å². The number of phenolic OH excluding ortho intramolecular Hbond substituents is 1. The lowest BCUT2D eigenvalue weighted by molar-refractivity contribution is 0.395. The van der Waals surface area contributed by atoms with Gasteiger partial charge in [-0.25, -0.2) is 8.78 Å². The maximum absolute atomic E-state index is 13.2. The second kappa shape index (κ2) is 5.04. The fourth-order valence-electron chi connectivity index (χ4n) is 1.76. The first-order valence-corrected chi connectivity index (χ1v) is 5.51. The number of anilines is 1. The number of hydrogen-bond acceptors (Lipinski definition) is 2. The number of para-hydroxylation sites is 1. The molecule has 0 amide bonds. The molecule has 0 aliphatic rings. The molecule has 0 atom stereocenters. The molecule has 0 bridgehead atoms. The summed E-state index contributed by atoms with van der Waals surface area (Å²) in [6, 6.07) is 11.8. The Hall–Kier alpha value is -2.10. The summed E-state index contributed by atoms with van der Waals surface area (Å²) in [5.74, 6) is -2.81. The second-order valence-corrected chi connectivity index (χ2v) is 4.10. The minimum atomic E-state index is -0.938. The zero-order chi connectivity index (χ0) is 13.1. The molecule has 0 fully saturated rings. The highest BCUT2D eigenvalue weighted by Gasteiger charge is 2.10. The molecule has 18 heavy (non-hydrogen) atoms. The van der Waals surface area contributed by atoms with Gasteiger partial charge < -0.3 is 10.0 Å². The van der Waals surface area contributed by atoms with Crippen LogP contribution in [0.1, 0.15) is 5.56 Å². The number of hydrogen-bond donors (Lipinski definition) is 1. The van der Waals surface area contributed by atoms with Crippen LogP contribution in [0.5, 0.6) is 5.75 Å². The molecule has 0 spiro atoms. The maximum atomic E-state index is 13.2. The summed E-state index contributed by atoms with van der Waals surface area (Å²) in [5.41, 5.74) is 1.42. The monoisotopic (exact) mass is 249 g/mol. The van der Waals surface area contributed by atoms with Crippen LogP contribution in [0, 0.1) is 11.6 Å². The highest BCUT2D eigenvalue weighted by Crippen LogP contribution is 2.23. The van der Waals surface area contributed by atoms with Crippen molar-refractivity contribution in [2.75, 3.05) is 11.9 Å². The first kappa shape index (κ1) is 12.4. The summed E-state index contributed by atoms with van der Waals surface area (Å²) in [6.07, 6.45) is 0. The molecule has 0 saturated heterocycles. The Morgan fingerprint density at radius 1 is 1.06 bits per heavy atom. The Balaban J connectivity index is 2.20. The van der Waals surface area contributed by atoms with Crippen LogP contribution in [-0.4, -0.2) is 12.2 Å². The van der Waals surface area contributed by atoms with Gasteiger partial charge in [0.1, 0.15) is 0 Å². The zero-order valence-corrected chi connectivity index (χ0v) is 9.90. The fourth-order valence-corrected chi connectivity index (χ4v) is 1.76. The summed E-state index contributed by atoms with van der Waals surface area (Å²) < 4.78 is 26.4. The van der Waals surface area contributed by atoms with Gasteiger partial charge >= 0.3 is 0 Å². The normalized spacial score (nSPS) is 10.4. The molecular weight excluding hydrogens is 236 g/mol. The van der Waals surface area contributed by atoms with Crippen molar-refractivity contribution in [1.82, 2.24) is 0 Å². The molecule has 2 nitrogen and oxygen atoms in total. The van der Waals surface area contributed by atoms with Gasteiger partial charge in [0, 0.05) is 19.3 Å². The molecule has 0 heterocycles. The quantitative estimate of drug-likeness (QED) is 0.902. The summed E-state index contributed by atoms with van der Waals surface area (Å²) >= 11 is 0. The van der Waals surface area contributed by atoms with E-state index in [-0.39, 0.29) is 0 Å². The van der Waals surface area contributed by atoms with Crippen LogP contribution < -0.4 is 4.90 Å². The Morgan fingerprint density at radius 2 is 1.61 bits per heavy atom. The number of halogens is 2. The lowest BCUT2D eigenvalue weighted by Crippen LogP contribution is -2.16. The first-order valence-electron chi connectivity index (χ1n) is 5.51. The Morgan fingerprint density at radius 3 is 2.17 bits per heavy atom. The van der Waals surface area contributed by atoms with E-state index in [1.165, 1.54) is 0 Å². The van der Waals surface area contributed by atoms with E-state index in [4.69, 9.17) is 5.11 Å². The van der Waals surface area contributed by atoms with Gasteiger partial charge in [-0.3, -0.25) is 0 Å². The number of phenols is 1. The molecule has 94 valence electrons. The average molecular weight is 249 g/mol. The SMILES string of the molecule is CN(Cc1cc(F)c(O)c(F)c1)c1ccccc1. The van der Waals surface area contributed by atoms with Crippen molar-refractivity contribution in [3.8, 4) is 5.75 Å². The van der Waals surface area contributed by atoms with Crippen LogP contribution in [0.25, 0.3) is 0 Å². The van der Waals surface area contributed by atoms with Gasteiger partial charge in [0.05, 0.1) is 0 Å². The Labute approximate surface area is 104 Å². The van der Waals surface area contributed by atoms with E-state index in [0.29, 0.717) is 12.1 Å². The van der Waals surface area contributed by atoms with Crippen molar-refractivity contribution in [2.24, 2.45) is 0 Å². The van der Waals surface area contributed by atoms with E-state index >= 15 is 0 Å². The molecule has 1 N–H and O–H groups in total. The Kier molecular flexibility index (Phi) is 3.46. The molecule has 0 aromatic heterocycles. The Bertz CT molecular complexity index is 520. The zero-order valence-electron chi connectivity index (χ0n) is 9.90. The third-order valence-corrected chi connectivity index (χ3v) is 2.69. The molecule has 0 aliphatic heterocycles. The van der Waals surface area contributed by atoms with Gasteiger partial charge in [-0.1, -0.05) is 18.2 Å². The van der Waals surface area contributed by atoms with Crippen LogP contribution in [0.2, 0.25) is 0 Å². The van der Waals surface area contributed by atoms with Crippen molar-refractivity contribution in [1.29, 1.82) is 0 Å². The number of benzene rings is 2. The minimum Gasteiger partial charge on any atom is -0.503 e. The molecule has 2 aromatic carbocycles. The first-order chi connectivity index (χ1) is 8.58. The van der Waals surface area contributed by atoms with Crippen LogP contribution >= 0.6 is 0 Å². The maximum Gasteiger partial charge on any atom is 0.187 e. The van der Waals surface area contributed by atoms with Crippen LogP contribution in [-0.2, 0) is 6.54 Å². The summed E-state index contributed by atoms with van der Waals surface area (Å²) in [4.78, 5) is 1.87. The highest BCUT2D eigenvalue weighted by molar-refractivity contribution is 5.46. The molecule has 4 heteroatoms. The number of rotatable bonds is 3. The van der Waals surface area contributed by atoms with Crippen molar-refractivity contribution in [2.45, 2.75) is 6.54 Å². The van der Waals surface area contributed by atoms with Crippen LogP contribution in [0.4, 0.5) is 14.5 Å². The second-order valence-electron chi connectivity index (χ2n) is 4.10. The van der Waals surface area contributed by atoms with Gasteiger partial charge in [-0.15, -0.1) is 0 Å². The van der Waals surface area contributed by atoms with Gasteiger partial charge in [0.2, 0.25) is 0 Å². The summed E-state index contributed by atoms with van der Waals surface area (Å²) in [5, 5.41) is 9.02.